The van der Waals surface area contributed by atoms with Crippen LogP contribution in [0.3, 0.4) is 0 Å². The Bertz CT molecular complexity index is 669. The van der Waals surface area contributed by atoms with Crippen molar-refractivity contribution in [2.24, 2.45) is 4.99 Å². The highest BCUT2D eigenvalue weighted by Gasteiger charge is 2.20. The summed E-state index contributed by atoms with van der Waals surface area (Å²) >= 11 is 1.63. The molecule has 3 rings (SSSR count). The zero-order valence-electron chi connectivity index (χ0n) is 10.8. The van der Waals surface area contributed by atoms with Gasteiger partial charge in [-0.15, -0.1) is 11.3 Å². The summed E-state index contributed by atoms with van der Waals surface area (Å²) in [6.07, 6.45) is 0. The maximum atomic E-state index is 6.29. The number of amidine groups is 1. The summed E-state index contributed by atoms with van der Waals surface area (Å²) in [5.41, 5.74) is 10.6. The number of aromatic nitrogens is 1. The van der Waals surface area contributed by atoms with Gasteiger partial charge in [0.1, 0.15) is 10.7 Å². The number of nitrogen functional groups attached to an aromatic ring is 1. The Hall–Kier alpha value is -1.62. The first-order valence-electron chi connectivity index (χ1n) is 6.04. The minimum Gasteiger partial charge on any atom is -0.397 e. The Labute approximate surface area is 110 Å². The lowest BCUT2D eigenvalue weighted by Gasteiger charge is -2.05. The molecule has 3 heterocycles. The molecule has 0 fully saturated rings. The summed E-state index contributed by atoms with van der Waals surface area (Å²) in [6.45, 7) is 7.98. The third-order valence-electron chi connectivity index (χ3n) is 3.57. The Morgan fingerprint density at radius 2 is 2.00 bits per heavy atom. The fraction of sp³-hybridized carbons (Fsp3) is 0.385. The van der Waals surface area contributed by atoms with E-state index in [9.17, 15) is 0 Å². The number of thiophene rings is 1. The molecule has 1 aliphatic heterocycles. The van der Waals surface area contributed by atoms with Crippen LogP contribution in [0.2, 0.25) is 0 Å². The van der Waals surface area contributed by atoms with E-state index in [1.807, 2.05) is 6.92 Å². The van der Waals surface area contributed by atoms with Gasteiger partial charge in [-0.25, -0.2) is 4.98 Å². The molecule has 0 radical (unpaired) electrons. The van der Waals surface area contributed by atoms with Crippen LogP contribution in [0.1, 0.15) is 21.7 Å². The second-order valence-corrected chi connectivity index (χ2v) is 5.63. The van der Waals surface area contributed by atoms with Crippen LogP contribution in [0.4, 0.5) is 5.69 Å². The molecule has 0 atom stereocenters. The standard InChI is InChI=1S/C13H16N4S/c1-6-7(2)9-10(14)11(12-15-4-5-16-12)18-13(9)17-8(6)3/h4-5,14H2,1-3H3,(H,15,16). The van der Waals surface area contributed by atoms with Crippen molar-refractivity contribution in [3.63, 3.8) is 0 Å². The van der Waals surface area contributed by atoms with Crippen LogP contribution >= 0.6 is 11.3 Å². The molecular formula is C13H16N4S. The first-order chi connectivity index (χ1) is 8.59. The van der Waals surface area contributed by atoms with E-state index in [0.717, 1.165) is 45.4 Å². The molecule has 4 nitrogen and oxygen atoms in total. The summed E-state index contributed by atoms with van der Waals surface area (Å²) in [5.74, 6) is 0.921. The van der Waals surface area contributed by atoms with E-state index in [1.54, 1.807) is 11.3 Å². The van der Waals surface area contributed by atoms with E-state index in [-0.39, 0.29) is 0 Å². The number of hydrogen-bond acceptors (Lipinski definition) is 5. The number of hydrogen-bond donors (Lipinski definition) is 2. The maximum Gasteiger partial charge on any atom is 0.140 e. The van der Waals surface area contributed by atoms with Gasteiger partial charge in [-0.05, 0) is 31.9 Å². The van der Waals surface area contributed by atoms with Gasteiger partial charge in [0.15, 0.2) is 0 Å². The van der Waals surface area contributed by atoms with Gasteiger partial charge in [0.25, 0.3) is 0 Å². The normalized spacial score (nSPS) is 14.9. The minimum absolute atomic E-state index is 0.816. The van der Waals surface area contributed by atoms with Gasteiger partial charge in [0, 0.05) is 17.6 Å². The third-order valence-corrected chi connectivity index (χ3v) is 4.67. The predicted octanol–water partition coefficient (Wildman–Crippen LogP) is 2.15. The highest BCUT2D eigenvalue weighted by atomic mass is 32.1. The Morgan fingerprint density at radius 3 is 2.67 bits per heavy atom. The number of rotatable bonds is 1. The Kier molecular flexibility index (Phi) is 2.52. The molecular weight excluding hydrogens is 244 g/mol. The smallest absolute Gasteiger partial charge is 0.140 e. The minimum atomic E-state index is 0.816. The van der Waals surface area contributed by atoms with Gasteiger partial charge in [-0.1, -0.05) is 0 Å². The highest BCUT2D eigenvalue weighted by Crippen LogP contribution is 2.36. The maximum absolute atomic E-state index is 6.29. The van der Waals surface area contributed by atoms with Crippen molar-refractivity contribution in [1.29, 1.82) is 0 Å². The largest absolute Gasteiger partial charge is 0.397 e. The zero-order valence-corrected chi connectivity index (χ0v) is 11.6. The lowest BCUT2D eigenvalue weighted by molar-refractivity contribution is 0.961. The molecule has 0 bridgehead atoms. The van der Waals surface area contributed by atoms with Crippen molar-refractivity contribution in [2.75, 3.05) is 18.8 Å². The summed E-state index contributed by atoms with van der Waals surface area (Å²) in [6, 6.07) is 0. The molecule has 2 aromatic heterocycles. The van der Waals surface area contributed by atoms with Crippen LogP contribution in [-0.4, -0.2) is 23.9 Å². The van der Waals surface area contributed by atoms with Crippen molar-refractivity contribution in [3.05, 3.63) is 21.7 Å². The summed E-state index contributed by atoms with van der Waals surface area (Å²) in [4.78, 5) is 11.1. The summed E-state index contributed by atoms with van der Waals surface area (Å²) in [7, 11) is 0. The van der Waals surface area contributed by atoms with Crippen molar-refractivity contribution in [2.45, 2.75) is 20.8 Å². The molecule has 0 saturated heterocycles. The fourth-order valence-electron chi connectivity index (χ4n) is 2.29. The van der Waals surface area contributed by atoms with Crippen molar-refractivity contribution in [3.8, 4) is 0 Å². The van der Waals surface area contributed by atoms with E-state index in [1.165, 1.54) is 11.1 Å². The van der Waals surface area contributed by atoms with Gasteiger partial charge in [0.05, 0.1) is 17.1 Å². The molecule has 0 spiro atoms. The molecule has 0 amide bonds. The average Bonchev–Trinajstić information content (AvgIpc) is 2.94. The topological polar surface area (TPSA) is 63.3 Å². The summed E-state index contributed by atoms with van der Waals surface area (Å²) in [5, 5.41) is 4.37. The van der Waals surface area contributed by atoms with Crippen LogP contribution < -0.4 is 11.1 Å². The average molecular weight is 260 g/mol. The van der Waals surface area contributed by atoms with Crippen molar-refractivity contribution >= 4 is 33.1 Å². The third kappa shape index (κ3) is 1.50. The number of aryl methyl sites for hydroxylation is 2. The zero-order chi connectivity index (χ0) is 12.9. The lowest BCUT2D eigenvalue weighted by atomic mass is 10.1. The van der Waals surface area contributed by atoms with Gasteiger partial charge < -0.3 is 11.1 Å². The lowest BCUT2D eigenvalue weighted by Crippen LogP contribution is -2.19. The number of nitrogens with zero attached hydrogens (tertiary/aromatic N) is 2. The molecule has 0 aromatic carbocycles. The monoisotopic (exact) mass is 260 g/mol. The molecule has 5 heteroatoms. The van der Waals surface area contributed by atoms with Crippen LogP contribution in [0.5, 0.6) is 0 Å². The van der Waals surface area contributed by atoms with E-state index >= 15 is 0 Å². The van der Waals surface area contributed by atoms with E-state index in [4.69, 9.17) is 5.73 Å². The highest BCUT2D eigenvalue weighted by molar-refractivity contribution is 7.21. The van der Waals surface area contributed by atoms with E-state index in [0.29, 0.717) is 0 Å². The molecule has 1 aliphatic rings. The van der Waals surface area contributed by atoms with E-state index in [2.05, 4.69) is 29.1 Å². The molecule has 3 N–H and O–H groups in total. The second-order valence-electron chi connectivity index (χ2n) is 4.63. The Balaban J connectivity index is 2.31. The van der Waals surface area contributed by atoms with Crippen molar-refractivity contribution < 1.29 is 0 Å². The SMILES string of the molecule is Cc1nc2sc(C3=NCCN3)c(N)c2c(C)c1C. The van der Waals surface area contributed by atoms with Crippen LogP contribution in [0, 0.1) is 20.8 Å². The second kappa shape index (κ2) is 3.95. The number of aliphatic imine (C=N–C) groups is 1. The first-order valence-corrected chi connectivity index (χ1v) is 6.85. The fourth-order valence-corrected chi connectivity index (χ4v) is 3.48. The first kappa shape index (κ1) is 11.5. The van der Waals surface area contributed by atoms with Gasteiger partial charge in [0.2, 0.25) is 0 Å². The number of nitrogens with two attached hydrogens (primary N) is 1. The van der Waals surface area contributed by atoms with E-state index < -0.39 is 0 Å². The molecule has 0 aliphatic carbocycles. The van der Waals surface area contributed by atoms with Crippen LogP contribution in [0.25, 0.3) is 10.2 Å². The molecule has 94 valence electrons. The number of fused-ring (bicyclic) bond motifs is 1. The molecule has 2 aromatic rings. The molecule has 18 heavy (non-hydrogen) atoms. The van der Waals surface area contributed by atoms with Crippen LogP contribution in [-0.2, 0) is 0 Å². The van der Waals surface area contributed by atoms with Crippen LogP contribution in [0.15, 0.2) is 4.99 Å². The number of nitrogens with one attached hydrogen (secondary N) is 1. The van der Waals surface area contributed by atoms with Gasteiger partial charge in [-0.2, -0.15) is 0 Å². The van der Waals surface area contributed by atoms with Gasteiger partial charge >= 0.3 is 0 Å². The van der Waals surface area contributed by atoms with Crippen molar-refractivity contribution in [1.82, 2.24) is 10.3 Å². The quantitative estimate of drug-likeness (QED) is 0.826. The number of anilines is 1. The molecule has 0 saturated carbocycles. The Morgan fingerprint density at radius 1 is 1.22 bits per heavy atom. The summed E-state index contributed by atoms with van der Waals surface area (Å²) < 4.78 is 0. The molecule has 0 unspecified atom stereocenters. The van der Waals surface area contributed by atoms with Gasteiger partial charge in [-0.3, -0.25) is 4.99 Å². The number of pyridine rings is 1. The predicted molar refractivity (Wildman–Crippen MR) is 77.7 cm³/mol.